The van der Waals surface area contributed by atoms with Gasteiger partial charge in [-0.1, -0.05) is 18.2 Å². The van der Waals surface area contributed by atoms with Gasteiger partial charge < -0.3 is 14.5 Å². The van der Waals surface area contributed by atoms with E-state index in [0.29, 0.717) is 42.9 Å². The van der Waals surface area contributed by atoms with Crippen LogP contribution in [0.5, 0.6) is 0 Å². The van der Waals surface area contributed by atoms with Crippen LogP contribution in [-0.2, 0) is 9.53 Å². The zero-order valence-electron chi connectivity index (χ0n) is 14.5. The maximum atomic E-state index is 12.3. The molecule has 0 aliphatic carbocycles. The van der Waals surface area contributed by atoms with Gasteiger partial charge in [-0.25, -0.2) is 4.79 Å². The van der Waals surface area contributed by atoms with Crippen LogP contribution in [0.4, 0.5) is 0 Å². The molecule has 2 amide bonds. The maximum absolute atomic E-state index is 12.3. The number of ether oxygens (including phenoxy) is 1. The monoisotopic (exact) mass is 386 g/mol. The van der Waals surface area contributed by atoms with Crippen molar-refractivity contribution in [2.24, 2.45) is 0 Å². The largest absolute Gasteiger partial charge is 0.452 e. The topological polar surface area (TPSA) is 84.0 Å². The first-order valence-corrected chi connectivity index (χ1v) is 9.29. The van der Waals surface area contributed by atoms with Gasteiger partial charge in [0.15, 0.2) is 6.61 Å². The summed E-state index contributed by atoms with van der Waals surface area (Å²) in [5, 5.41) is 1.86. The molecule has 0 bridgehead atoms. The second-order valence-electron chi connectivity index (χ2n) is 5.97. The van der Waals surface area contributed by atoms with Crippen molar-refractivity contribution in [2.45, 2.75) is 0 Å². The van der Waals surface area contributed by atoms with Crippen LogP contribution in [0.25, 0.3) is 0 Å². The Bertz CT molecular complexity index is 824. The predicted octanol–water partition coefficient (Wildman–Crippen LogP) is 1.70. The highest BCUT2D eigenvalue weighted by atomic mass is 32.1. The molecule has 0 unspecified atom stereocenters. The zero-order valence-corrected chi connectivity index (χ0v) is 15.3. The highest BCUT2D eigenvalue weighted by Gasteiger charge is 2.25. The average molecular weight is 386 g/mol. The summed E-state index contributed by atoms with van der Waals surface area (Å²) in [7, 11) is 0. The summed E-state index contributed by atoms with van der Waals surface area (Å²) in [6.45, 7) is 1.35. The first kappa shape index (κ1) is 18.8. The number of hydrogen-bond acceptors (Lipinski definition) is 6. The zero-order chi connectivity index (χ0) is 19.2. The number of esters is 1. The predicted molar refractivity (Wildman–Crippen MR) is 98.9 cm³/mol. The third-order valence-electron chi connectivity index (χ3n) is 4.26. The second kappa shape index (κ2) is 8.59. The number of piperazine rings is 1. The van der Waals surface area contributed by atoms with Gasteiger partial charge in [0.1, 0.15) is 6.29 Å². The van der Waals surface area contributed by atoms with E-state index in [0.717, 1.165) is 0 Å². The molecule has 3 rings (SSSR count). The van der Waals surface area contributed by atoms with E-state index in [1.807, 2.05) is 11.4 Å². The van der Waals surface area contributed by atoms with Crippen LogP contribution < -0.4 is 0 Å². The normalized spacial score (nSPS) is 13.9. The Morgan fingerprint density at radius 1 is 1.00 bits per heavy atom. The number of nitrogens with zero attached hydrogens (tertiary/aromatic N) is 2. The molecule has 0 atom stereocenters. The quantitative estimate of drug-likeness (QED) is 0.577. The molecule has 2 heterocycles. The molecule has 1 saturated heterocycles. The first-order valence-electron chi connectivity index (χ1n) is 8.41. The molecule has 2 aromatic rings. The summed E-state index contributed by atoms with van der Waals surface area (Å²) in [5.74, 6) is -0.939. The molecule has 27 heavy (non-hydrogen) atoms. The van der Waals surface area contributed by atoms with Crippen molar-refractivity contribution in [3.63, 3.8) is 0 Å². The van der Waals surface area contributed by atoms with Crippen LogP contribution in [0.15, 0.2) is 41.8 Å². The lowest BCUT2D eigenvalue weighted by atomic mass is 10.1. The molecule has 0 spiro atoms. The summed E-state index contributed by atoms with van der Waals surface area (Å²) < 4.78 is 5.05. The van der Waals surface area contributed by atoms with Crippen LogP contribution in [-0.4, -0.2) is 66.7 Å². The summed E-state index contributed by atoms with van der Waals surface area (Å²) in [6, 6.07) is 9.59. The number of carbonyl (C=O) groups is 4. The van der Waals surface area contributed by atoms with Gasteiger partial charge in [0.05, 0.1) is 10.4 Å². The minimum atomic E-state index is -0.618. The molecule has 7 nitrogen and oxygen atoms in total. The van der Waals surface area contributed by atoms with E-state index in [-0.39, 0.29) is 24.0 Å². The molecule has 0 radical (unpaired) electrons. The van der Waals surface area contributed by atoms with E-state index in [1.165, 1.54) is 35.6 Å². The molecule has 1 aromatic carbocycles. The molecule has 1 aromatic heterocycles. The third kappa shape index (κ3) is 4.59. The van der Waals surface area contributed by atoms with Crippen molar-refractivity contribution < 1.29 is 23.9 Å². The second-order valence-corrected chi connectivity index (χ2v) is 6.91. The standard InChI is InChI=1S/C19H18N2O5S/c22-12-14-3-5-15(6-4-14)19(25)26-13-17(23)20-7-9-21(10-8-20)18(24)16-2-1-11-27-16/h1-6,11-12H,7-10,13H2. The molecule has 1 fully saturated rings. The maximum Gasteiger partial charge on any atom is 0.338 e. The molecule has 140 valence electrons. The Labute approximate surface area is 160 Å². The average Bonchev–Trinajstić information content (AvgIpc) is 3.26. The number of carbonyl (C=O) groups excluding carboxylic acids is 4. The van der Waals surface area contributed by atoms with E-state index in [9.17, 15) is 19.2 Å². The number of hydrogen-bond donors (Lipinski definition) is 0. The van der Waals surface area contributed by atoms with Gasteiger partial charge in [0.2, 0.25) is 0 Å². The Balaban J connectivity index is 1.45. The van der Waals surface area contributed by atoms with E-state index >= 15 is 0 Å². The first-order chi connectivity index (χ1) is 13.1. The number of thiophene rings is 1. The van der Waals surface area contributed by atoms with Crippen molar-refractivity contribution in [3.8, 4) is 0 Å². The molecular formula is C19H18N2O5S. The van der Waals surface area contributed by atoms with Gasteiger partial charge in [0, 0.05) is 31.7 Å². The number of benzene rings is 1. The number of amides is 2. The van der Waals surface area contributed by atoms with Crippen LogP contribution in [0, 0.1) is 0 Å². The smallest absolute Gasteiger partial charge is 0.338 e. The molecule has 8 heteroatoms. The number of rotatable bonds is 5. The van der Waals surface area contributed by atoms with Gasteiger partial charge in [0.25, 0.3) is 11.8 Å². The summed E-state index contributed by atoms with van der Waals surface area (Å²) in [6.07, 6.45) is 0.682. The molecule has 1 aliphatic rings. The fraction of sp³-hybridized carbons (Fsp3) is 0.263. The summed E-state index contributed by atoms with van der Waals surface area (Å²) >= 11 is 1.39. The van der Waals surface area contributed by atoms with Gasteiger partial charge >= 0.3 is 5.97 Å². The Morgan fingerprint density at radius 2 is 1.67 bits per heavy atom. The SMILES string of the molecule is O=Cc1ccc(C(=O)OCC(=O)N2CCN(C(=O)c3cccs3)CC2)cc1. The molecular weight excluding hydrogens is 368 g/mol. The summed E-state index contributed by atoms with van der Waals surface area (Å²) in [5.41, 5.74) is 0.734. The Kier molecular flexibility index (Phi) is 5.97. The van der Waals surface area contributed by atoms with E-state index in [2.05, 4.69) is 0 Å². The van der Waals surface area contributed by atoms with Crippen molar-refractivity contribution in [2.75, 3.05) is 32.8 Å². The van der Waals surface area contributed by atoms with Gasteiger partial charge in [-0.05, 0) is 23.6 Å². The minimum Gasteiger partial charge on any atom is -0.452 e. The van der Waals surface area contributed by atoms with Crippen LogP contribution >= 0.6 is 11.3 Å². The van der Waals surface area contributed by atoms with Crippen molar-refractivity contribution in [3.05, 3.63) is 57.8 Å². The van der Waals surface area contributed by atoms with Gasteiger partial charge in [-0.2, -0.15) is 0 Å². The highest BCUT2D eigenvalue weighted by Crippen LogP contribution is 2.14. The minimum absolute atomic E-state index is 0.0257. The van der Waals surface area contributed by atoms with Crippen LogP contribution in [0.2, 0.25) is 0 Å². The fourth-order valence-electron chi connectivity index (χ4n) is 2.71. The third-order valence-corrected chi connectivity index (χ3v) is 5.12. The van der Waals surface area contributed by atoms with Crippen LogP contribution in [0.1, 0.15) is 30.4 Å². The van der Waals surface area contributed by atoms with Crippen molar-refractivity contribution in [1.29, 1.82) is 0 Å². The lowest BCUT2D eigenvalue weighted by Gasteiger charge is -2.34. The van der Waals surface area contributed by atoms with Crippen molar-refractivity contribution >= 4 is 35.4 Å². The van der Waals surface area contributed by atoms with E-state index in [4.69, 9.17) is 4.74 Å². The molecule has 0 N–H and O–H groups in total. The lowest BCUT2D eigenvalue weighted by Crippen LogP contribution is -2.51. The highest BCUT2D eigenvalue weighted by molar-refractivity contribution is 7.12. The lowest BCUT2D eigenvalue weighted by molar-refractivity contribution is -0.136. The Morgan fingerprint density at radius 3 is 2.26 bits per heavy atom. The van der Waals surface area contributed by atoms with E-state index < -0.39 is 5.97 Å². The fourth-order valence-corrected chi connectivity index (χ4v) is 3.41. The van der Waals surface area contributed by atoms with Gasteiger partial charge in [-0.3, -0.25) is 14.4 Å². The van der Waals surface area contributed by atoms with Crippen LogP contribution in [0.3, 0.4) is 0 Å². The Hall–Kier alpha value is -3.00. The van der Waals surface area contributed by atoms with Gasteiger partial charge in [-0.15, -0.1) is 11.3 Å². The van der Waals surface area contributed by atoms with Crippen molar-refractivity contribution in [1.82, 2.24) is 9.80 Å². The molecule has 0 saturated carbocycles. The van der Waals surface area contributed by atoms with E-state index in [1.54, 1.807) is 15.9 Å². The summed E-state index contributed by atoms with van der Waals surface area (Å²) in [4.78, 5) is 51.1. The molecule has 1 aliphatic heterocycles. The number of aldehydes is 1.